The molecule has 0 aromatic carbocycles. The molecule has 0 heterocycles. The van der Waals surface area contributed by atoms with Crippen molar-refractivity contribution in [2.75, 3.05) is 13.1 Å². The predicted octanol–water partition coefficient (Wildman–Crippen LogP) is 3.88. The van der Waals surface area contributed by atoms with Crippen LogP contribution in [-0.2, 0) is 0 Å². The molecule has 2 N–H and O–H groups in total. The number of hydrogen-bond donors (Lipinski definition) is 1. The predicted molar refractivity (Wildman–Crippen MR) is 79.5 cm³/mol. The van der Waals surface area contributed by atoms with Crippen molar-refractivity contribution in [1.82, 2.24) is 4.90 Å². The van der Waals surface area contributed by atoms with Crippen molar-refractivity contribution in [3.63, 3.8) is 0 Å². The largest absolute Gasteiger partial charge is 0.351 e. The van der Waals surface area contributed by atoms with Crippen molar-refractivity contribution in [2.24, 2.45) is 11.7 Å². The lowest BCUT2D eigenvalue weighted by Crippen LogP contribution is -2.37. The zero-order chi connectivity index (χ0) is 14.4. The lowest BCUT2D eigenvalue weighted by Gasteiger charge is -2.20. The van der Waals surface area contributed by atoms with Crippen LogP contribution in [0.25, 0.3) is 0 Å². The van der Waals surface area contributed by atoms with E-state index in [1.807, 2.05) is 6.92 Å². The van der Waals surface area contributed by atoms with Gasteiger partial charge < -0.3 is 10.6 Å². The Morgan fingerprint density at radius 2 is 2.16 bits per heavy atom. The molecule has 5 heteroatoms. The van der Waals surface area contributed by atoms with Crippen molar-refractivity contribution in [3.05, 3.63) is 34.6 Å². The Balaban J connectivity index is 2.58. The standard InChI is InChI=1S/C14H20BrFN2O/c1-3-4-13(16)12(15)7-8-18(14(17)19)9-10(2)11-5-6-11/h4,7,11H,2-3,5-6,8-9H2,1H3,(H2,17,19)/b12-7+,13-4+. The molecular weight excluding hydrogens is 311 g/mol. The summed E-state index contributed by atoms with van der Waals surface area (Å²) >= 11 is 3.15. The third-order valence-corrected chi connectivity index (χ3v) is 3.67. The van der Waals surface area contributed by atoms with Gasteiger partial charge >= 0.3 is 6.03 Å². The zero-order valence-electron chi connectivity index (χ0n) is 11.2. The van der Waals surface area contributed by atoms with E-state index in [0.29, 0.717) is 23.4 Å². The second kappa shape index (κ2) is 7.48. The van der Waals surface area contributed by atoms with Crippen molar-refractivity contribution in [3.8, 4) is 0 Å². The molecule has 0 atom stereocenters. The van der Waals surface area contributed by atoms with E-state index in [-0.39, 0.29) is 12.4 Å². The summed E-state index contributed by atoms with van der Waals surface area (Å²) in [5, 5.41) is 0. The van der Waals surface area contributed by atoms with Gasteiger partial charge in [0.15, 0.2) is 0 Å². The van der Waals surface area contributed by atoms with Gasteiger partial charge in [-0.05, 0) is 53.3 Å². The molecule has 0 saturated heterocycles. The first-order valence-corrected chi connectivity index (χ1v) is 7.18. The highest BCUT2D eigenvalue weighted by Crippen LogP contribution is 2.35. The number of carbonyl (C=O) groups excluding carboxylic acids is 1. The molecule has 1 aliphatic rings. The molecule has 1 aliphatic carbocycles. The zero-order valence-corrected chi connectivity index (χ0v) is 12.7. The van der Waals surface area contributed by atoms with Gasteiger partial charge in [0.05, 0.1) is 4.48 Å². The molecule has 0 aromatic heterocycles. The van der Waals surface area contributed by atoms with E-state index in [1.54, 1.807) is 6.08 Å². The molecule has 2 amide bonds. The molecule has 0 aliphatic heterocycles. The third-order valence-electron chi connectivity index (χ3n) is 2.96. The van der Waals surface area contributed by atoms with Crippen LogP contribution in [0.5, 0.6) is 0 Å². The highest BCUT2D eigenvalue weighted by atomic mass is 79.9. The molecule has 0 radical (unpaired) electrons. The molecule has 0 spiro atoms. The molecule has 106 valence electrons. The van der Waals surface area contributed by atoms with E-state index in [1.165, 1.54) is 11.0 Å². The molecule has 0 bridgehead atoms. The monoisotopic (exact) mass is 330 g/mol. The van der Waals surface area contributed by atoms with Gasteiger partial charge in [-0.3, -0.25) is 0 Å². The fourth-order valence-corrected chi connectivity index (χ4v) is 1.97. The Bertz CT molecular complexity index is 414. The van der Waals surface area contributed by atoms with Gasteiger partial charge in [-0.2, -0.15) is 0 Å². The van der Waals surface area contributed by atoms with Crippen LogP contribution in [0.1, 0.15) is 26.2 Å². The number of urea groups is 1. The maximum absolute atomic E-state index is 13.4. The first-order valence-electron chi connectivity index (χ1n) is 6.39. The minimum absolute atomic E-state index is 0.270. The van der Waals surface area contributed by atoms with Crippen LogP contribution in [0.4, 0.5) is 9.18 Å². The van der Waals surface area contributed by atoms with Gasteiger partial charge in [-0.25, -0.2) is 9.18 Å². The summed E-state index contributed by atoms with van der Waals surface area (Å²) in [7, 11) is 0. The van der Waals surface area contributed by atoms with E-state index < -0.39 is 6.03 Å². The van der Waals surface area contributed by atoms with Gasteiger partial charge in [-0.1, -0.05) is 19.1 Å². The van der Waals surface area contributed by atoms with E-state index in [9.17, 15) is 9.18 Å². The summed E-state index contributed by atoms with van der Waals surface area (Å²) in [6.45, 7) is 6.53. The summed E-state index contributed by atoms with van der Waals surface area (Å²) in [6, 6.07) is -0.516. The summed E-state index contributed by atoms with van der Waals surface area (Å²) in [4.78, 5) is 12.8. The fourth-order valence-electron chi connectivity index (χ4n) is 1.66. The molecule has 0 aromatic rings. The van der Waals surface area contributed by atoms with Gasteiger partial charge in [0, 0.05) is 13.1 Å². The number of hydrogen-bond acceptors (Lipinski definition) is 1. The van der Waals surface area contributed by atoms with E-state index in [0.717, 1.165) is 18.4 Å². The van der Waals surface area contributed by atoms with Crippen LogP contribution in [0, 0.1) is 5.92 Å². The number of nitrogens with two attached hydrogens (primary N) is 1. The van der Waals surface area contributed by atoms with E-state index in [2.05, 4.69) is 22.5 Å². The molecule has 1 rings (SSSR count). The van der Waals surface area contributed by atoms with Crippen molar-refractivity contribution in [1.29, 1.82) is 0 Å². The lowest BCUT2D eigenvalue weighted by atomic mass is 10.2. The van der Waals surface area contributed by atoms with Crippen molar-refractivity contribution in [2.45, 2.75) is 26.2 Å². The summed E-state index contributed by atoms with van der Waals surface area (Å²) in [5.74, 6) is 0.193. The highest BCUT2D eigenvalue weighted by Gasteiger charge is 2.26. The van der Waals surface area contributed by atoms with Crippen LogP contribution < -0.4 is 5.73 Å². The molecule has 1 saturated carbocycles. The Morgan fingerprint density at radius 1 is 1.53 bits per heavy atom. The summed E-state index contributed by atoms with van der Waals surface area (Å²) < 4.78 is 13.8. The number of primary amides is 1. The maximum atomic E-state index is 13.4. The first-order chi connectivity index (χ1) is 8.95. The van der Waals surface area contributed by atoms with E-state index in [4.69, 9.17) is 5.73 Å². The number of allylic oxidation sites excluding steroid dienone is 3. The minimum Gasteiger partial charge on any atom is -0.351 e. The Kier molecular flexibility index (Phi) is 6.28. The SMILES string of the molecule is C=C(CN(C/C=C(Br)\C(F)=C/CC)C(N)=O)C1CC1. The number of halogens is 2. The average Bonchev–Trinajstić information content (AvgIpc) is 3.17. The number of carbonyl (C=O) groups is 1. The highest BCUT2D eigenvalue weighted by molar-refractivity contribution is 9.11. The number of amides is 2. The lowest BCUT2D eigenvalue weighted by molar-refractivity contribution is 0.216. The van der Waals surface area contributed by atoms with Crippen molar-refractivity contribution >= 4 is 22.0 Å². The van der Waals surface area contributed by atoms with Crippen LogP contribution in [-0.4, -0.2) is 24.0 Å². The molecule has 3 nitrogen and oxygen atoms in total. The van der Waals surface area contributed by atoms with Crippen LogP contribution in [0.2, 0.25) is 0 Å². The molecule has 19 heavy (non-hydrogen) atoms. The van der Waals surface area contributed by atoms with Crippen LogP contribution in [0.15, 0.2) is 34.6 Å². The molecule has 0 unspecified atom stereocenters. The van der Waals surface area contributed by atoms with Crippen molar-refractivity contribution < 1.29 is 9.18 Å². The second-order valence-electron chi connectivity index (χ2n) is 4.66. The quantitative estimate of drug-likeness (QED) is 0.559. The van der Waals surface area contributed by atoms with Gasteiger partial charge in [-0.15, -0.1) is 0 Å². The summed E-state index contributed by atoms with van der Waals surface area (Å²) in [6.07, 6.45) is 5.97. The van der Waals surface area contributed by atoms with Gasteiger partial charge in [0.1, 0.15) is 5.83 Å². The van der Waals surface area contributed by atoms with Crippen LogP contribution in [0.3, 0.4) is 0 Å². The normalized spacial score (nSPS) is 16.4. The third kappa shape index (κ3) is 5.59. The Labute approximate surface area is 122 Å². The van der Waals surface area contributed by atoms with Gasteiger partial charge in [0.2, 0.25) is 0 Å². The number of nitrogens with zero attached hydrogens (tertiary/aromatic N) is 1. The average molecular weight is 331 g/mol. The van der Waals surface area contributed by atoms with Crippen LogP contribution >= 0.6 is 15.9 Å². The maximum Gasteiger partial charge on any atom is 0.315 e. The Hall–Kier alpha value is -1.10. The van der Waals surface area contributed by atoms with E-state index >= 15 is 0 Å². The first kappa shape index (κ1) is 16.0. The second-order valence-corrected chi connectivity index (χ2v) is 5.52. The topological polar surface area (TPSA) is 46.3 Å². The smallest absolute Gasteiger partial charge is 0.315 e. The van der Waals surface area contributed by atoms with Gasteiger partial charge in [0.25, 0.3) is 0 Å². The molecular formula is C14H20BrFN2O. The Morgan fingerprint density at radius 3 is 2.63 bits per heavy atom. The minimum atomic E-state index is -0.516. The molecule has 1 fully saturated rings. The number of rotatable bonds is 7. The fraction of sp³-hybridized carbons (Fsp3) is 0.500. The summed E-state index contributed by atoms with van der Waals surface area (Å²) in [5.41, 5.74) is 6.34.